The van der Waals surface area contributed by atoms with Crippen LogP contribution >= 0.6 is 0 Å². The van der Waals surface area contributed by atoms with Crippen LogP contribution in [0.3, 0.4) is 0 Å². The minimum atomic E-state index is -0.221. The summed E-state index contributed by atoms with van der Waals surface area (Å²) in [4.78, 5) is 2.74. The molecule has 0 aromatic carbocycles. The molecule has 2 bridgehead atoms. The number of hydrogen-bond acceptors (Lipinski definition) is 3. The second kappa shape index (κ2) is 2.36. The van der Waals surface area contributed by atoms with E-state index in [9.17, 15) is 0 Å². The van der Waals surface area contributed by atoms with Gasteiger partial charge in [0.05, 0.1) is 18.8 Å². The van der Waals surface area contributed by atoms with Crippen LogP contribution in [0, 0.1) is 0 Å². The van der Waals surface area contributed by atoms with E-state index in [1.807, 2.05) is 0 Å². The molecule has 1 saturated carbocycles. The van der Waals surface area contributed by atoms with Crippen molar-refractivity contribution in [1.29, 1.82) is 0 Å². The van der Waals surface area contributed by atoms with Gasteiger partial charge < -0.3 is 10.5 Å². The first-order valence-corrected chi connectivity index (χ1v) is 4.12. The molecule has 1 aliphatic carbocycles. The van der Waals surface area contributed by atoms with Gasteiger partial charge in [0, 0.05) is 10.5 Å². The summed E-state index contributed by atoms with van der Waals surface area (Å²) in [7, 11) is 0. The zero-order chi connectivity index (χ0) is 8.66. The van der Waals surface area contributed by atoms with Crippen LogP contribution in [0.2, 0.25) is 0 Å². The summed E-state index contributed by atoms with van der Waals surface area (Å²) in [5.41, 5.74) is 13.8. The number of rotatable bonds is 2. The summed E-state index contributed by atoms with van der Waals surface area (Å²) >= 11 is 0. The standard InChI is InChI=1S/C7H12N4O/c8-6-1-2-7(3-6,12-5-6)4-10-11-9/h1-5,8H2. The second-order valence-corrected chi connectivity index (χ2v) is 3.90. The number of fused-ring (bicyclic) bond motifs is 2. The van der Waals surface area contributed by atoms with E-state index >= 15 is 0 Å². The number of nitrogens with two attached hydrogens (primary N) is 1. The Hall–Kier alpha value is -0.770. The predicted molar refractivity (Wildman–Crippen MR) is 43.5 cm³/mol. The lowest BCUT2D eigenvalue weighted by molar-refractivity contribution is -0.0122. The molecule has 5 nitrogen and oxygen atoms in total. The molecule has 2 N–H and O–H groups in total. The first-order valence-electron chi connectivity index (χ1n) is 4.12. The van der Waals surface area contributed by atoms with Crippen LogP contribution in [0.4, 0.5) is 0 Å². The average Bonchev–Trinajstić information content (AvgIpc) is 2.55. The number of hydrogen-bond donors (Lipinski definition) is 1. The van der Waals surface area contributed by atoms with E-state index in [-0.39, 0.29) is 11.1 Å². The van der Waals surface area contributed by atoms with Gasteiger partial charge in [-0.05, 0) is 24.8 Å². The Morgan fingerprint density at radius 2 is 2.42 bits per heavy atom. The van der Waals surface area contributed by atoms with Crippen molar-refractivity contribution in [2.45, 2.75) is 30.4 Å². The summed E-state index contributed by atoms with van der Waals surface area (Å²) < 4.78 is 5.55. The molecule has 2 atom stereocenters. The molecule has 5 heteroatoms. The van der Waals surface area contributed by atoms with Crippen molar-refractivity contribution >= 4 is 0 Å². The Bertz CT molecular complexity index is 238. The molecule has 2 rings (SSSR count). The van der Waals surface area contributed by atoms with Crippen molar-refractivity contribution in [3.8, 4) is 0 Å². The van der Waals surface area contributed by atoms with Crippen LogP contribution in [0.15, 0.2) is 5.11 Å². The molecular formula is C7H12N4O. The maximum atomic E-state index is 8.19. The van der Waals surface area contributed by atoms with Crippen LogP contribution in [-0.4, -0.2) is 24.3 Å². The summed E-state index contributed by atoms with van der Waals surface area (Å²) in [6.45, 7) is 1.05. The van der Waals surface area contributed by atoms with Gasteiger partial charge in [-0.25, -0.2) is 0 Å². The Kier molecular flexibility index (Phi) is 1.54. The Morgan fingerprint density at radius 1 is 1.58 bits per heavy atom. The molecule has 2 unspecified atom stereocenters. The molecular weight excluding hydrogens is 156 g/mol. The van der Waals surface area contributed by atoms with Crippen molar-refractivity contribution in [2.75, 3.05) is 13.2 Å². The zero-order valence-electron chi connectivity index (χ0n) is 6.86. The van der Waals surface area contributed by atoms with E-state index in [0.717, 1.165) is 19.3 Å². The average molecular weight is 168 g/mol. The third kappa shape index (κ3) is 1.06. The molecule has 0 aromatic heterocycles. The van der Waals surface area contributed by atoms with Gasteiger partial charge in [-0.2, -0.15) is 0 Å². The van der Waals surface area contributed by atoms with E-state index in [1.54, 1.807) is 0 Å². The Morgan fingerprint density at radius 3 is 2.83 bits per heavy atom. The van der Waals surface area contributed by atoms with Crippen LogP contribution < -0.4 is 5.73 Å². The summed E-state index contributed by atoms with van der Waals surface area (Å²) in [6, 6.07) is 0. The fourth-order valence-corrected chi connectivity index (χ4v) is 2.18. The van der Waals surface area contributed by atoms with E-state index in [1.165, 1.54) is 0 Å². The Labute approximate surface area is 70.5 Å². The van der Waals surface area contributed by atoms with Gasteiger partial charge in [0.25, 0.3) is 0 Å². The van der Waals surface area contributed by atoms with Crippen LogP contribution in [-0.2, 0) is 4.74 Å². The van der Waals surface area contributed by atoms with Gasteiger partial charge in [-0.15, -0.1) is 0 Å². The zero-order valence-corrected chi connectivity index (χ0v) is 6.86. The van der Waals surface area contributed by atoms with Gasteiger partial charge in [0.2, 0.25) is 0 Å². The van der Waals surface area contributed by atoms with E-state index < -0.39 is 0 Å². The van der Waals surface area contributed by atoms with Crippen molar-refractivity contribution in [3.63, 3.8) is 0 Å². The number of azide groups is 1. The summed E-state index contributed by atoms with van der Waals surface area (Å²) in [5.74, 6) is 0. The highest BCUT2D eigenvalue weighted by atomic mass is 16.5. The molecule has 12 heavy (non-hydrogen) atoms. The van der Waals surface area contributed by atoms with Crippen LogP contribution in [0.25, 0.3) is 10.4 Å². The highest BCUT2D eigenvalue weighted by molar-refractivity contribution is 5.09. The van der Waals surface area contributed by atoms with Crippen molar-refractivity contribution in [3.05, 3.63) is 10.4 Å². The number of ether oxygens (including phenoxy) is 1. The maximum Gasteiger partial charge on any atom is 0.0758 e. The third-order valence-electron chi connectivity index (χ3n) is 2.84. The van der Waals surface area contributed by atoms with Gasteiger partial charge >= 0.3 is 0 Å². The van der Waals surface area contributed by atoms with Gasteiger partial charge in [0.1, 0.15) is 0 Å². The SMILES string of the molecule is [N-]=[N+]=NCC12CCC(N)(CO1)C2. The van der Waals surface area contributed by atoms with E-state index in [0.29, 0.717) is 13.2 Å². The van der Waals surface area contributed by atoms with E-state index in [2.05, 4.69) is 10.0 Å². The molecule has 2 fully saturated rings. The predicted octanol–water partition coefficient (Wildman–Crippen LogP) is 0.947. The first kappa shape index (κ1) is 7.86. The van der Waals surface area contributed by atoms with Gasteiger partial charge in [0.15, 0.2) is 0 Å². The van der Waals surface area contributed by atoms with Crippen molar-refractivity contribution < 1.29 is 4.74 Å². The maximum absolute atomic E-state index is 8.19. The molecule has 1 heterocycles. The van der Waals surface area contributed by atoms with Crippen molar-refractivity contribution in [2.24, 2.45) is 10.8 Å². The first-order chi connectivity index (χ1) is 5.68. The molecule has 0 amide bonds. The molecule has 0 spiro atoms. The van der Waals surface area contributed by atoms with Crippen LogP contribution in [0.5, 0.6) is 0 Å². The smallest absolute Gasteiger partial charge is 0.0758 e. The van der Waals surface area contributed by atoms with Crippen LogP contribution in [0.1, 0.15) is 19.3 Å². The normalized spacial score (nSPS) is 44.4. The highest BCUT2D eigenvalue weighted by Gasteiger charge is 2.53. The fraction of sp³-hybridized carbons (Fsp3) is 1.00. The Balaban J connectivity index is 2.10. The largest absolute Gasteiger partial charge is 0.373 e. The quantitative estimate of drug-likeness (QED) is 0.378. The molecule has 1 saturated heterocycles. The lowest BCUT2D eigenvalue weighted by Crippen LogP contribution is -2.38. The molecule has 1 aliphatic heterocycles. The summed E-state index contributed by atoms with van der Waals surface area (Å²) in [6.07, 6.45) is 2.77. The minimum absolute atomic E-state index is 0.134. The molecule has 66 valence electrons. The monoisotopic (exact) mass is 168 g/mol. The fourth-order valence-electron chi connectivity index (χ4n) is 2.18. The lowest BCUT2D eigenvalue weighted by atomic mass is 10.0. The van der Waals surface area contributed by atoms with Crippen molar-refractivity contribution in [1.82, 2.24) is 0 Å². The number of nitrogens with zero attached hydrogens (tertiary/aromatic N) is 3. The highest BCUT2D eigenvalue weighted by Crippen LogP contribution is 2.45. The molecule has 0 aromatic rings. The topological polar surface area (TPSA) is 84.0 Å². The van der Waals surface area contributed by atoms with Gasteiger partial charge in [-0.1, -0.05) is 5.11 Å². The summed E-state index contributed by atoms with van der Waals surface area (Å²) in [5, 5.41) is 3.55. The minimum Gasteiger partial charge on any atom is -0.373 e. The van der Waals surface area contributed by atoms with Gasteiger partial charge in [-0.3, -0.25) is 0 Å². The lowest BCUT2D eigenvalue weighted by Gasteiger charge is -2.25. The van der Waals surface area contributed by atoms with E-state index in [4.69, 9.17) is 16.0 Å². The third-order valence-corrected chi connectivity index (χ3v) is 2.84. The second-order valence-electron chi connectivity index (χ2n) is 3.90. The molecule has 2 aliphatic rings. The molecule has 0 radical (unpaired) electrons.